The molecule has 0 saturated heterocycles. The van der Waals surface area contributed by atoms with E-state index in [1.165, 1.54) is 10.4 Å². The van der Waals surface area contributed by atoms with Gasteiger partial charge in [0.15, 0.2) is 0 Å². The molecule has 0 aliphatic heterocycles. The fourth-order valence-corrected chi connectivity index (χ4v) is 3.46. The molecule has 0 unspecified atom stereocenters. The minimum atomic E-state index is 0.456. The van der Waals surface area contributed by atoms with Crippen molar-refractivity contribution in [1.29, 1.82) is 0 Å². The van der Waals surface area contributed by atoms with Gasteiger partial charge in [-0.3, -0.25) is 0 Å². The predicted octanol–water partition coefficient (Wildman–Crippen LogP) is 4.07. The summed E-state index contributed by atoms with van der Waals surface area (Å²) in [5, 5.41) is 1.13. The molecule has 3 rings (SSSR count). The Labute approximate surface area is 134 Å². The van der Waals surface area contributed by atoms with E-state index in [0.717, 1.165) is 23.2 Å². The Hall–Kier alpha value is -1.78. The molecule has 0 radical (unpaired) electrons. The zero-order chi connectivity index (χ0) is 14.7. The first kappa shape index (κ1) is 14.2. The van der Waals surface area contributed by atoms with Crippen molar-refractivity contribution in [3.63, 3.8) is 0 Å². The fraction of sp³-hybridized carbons (Fsp3) is 0.118. The van der Waals surface area contributed by atoms with Gasteiger partial charge in [-0.05, 0) is 24.3 Å². The quantitative estimate of drug-likeness (QED) is 0.569. The normalized spacial score (nSPS) is 10.9. The molecule has 0 aliphatic carbocycles. The second-order valence-corrected chi connectivity index (χ2v) is 6.38. The second-order valence-electron chi connectivity index (χ2n) is 4.77. The van der Waals surface area contributed by atoms with Crippen LogP contribution < -0.4 is 5.73 Å². The average Bonchev–Trinajstić information content (AvgIpc) is 2.91. The maximum absolute atomic E-state index is 5.78. The van der Waals surface area contributed by atoms with Crippen molar-refractivity contribution >= 4 is 39.9 Å². The van der Waals surface area contributed by atoms with Gasteiger partial charge in [0.2, 0.25) is 0 Å². The number of benzene rings is 2. The highest BCUT2D eigenvalue weighted by Crippen LogP contribution is 2.22. The number of fused-ring (bicyclic) bond motifs is 1. The molecular formula is C17H16N2S2. The molecule has 21 heavy (non-hydrogen) atoms. The van der Waals surface area contributed by atoms with E-state index in [1.54, 1.807) is 0 Å². The fourth-order valence-electron chi connectivity index (χ4n) is 2.41. The van der Waals surface area contributed by atoms with Gasteiger partial charge in [-0.1, -0.05) is 42.5 Å². The molecule has 0 aliphatic rings. The summed E-state index contributed by atoms with van der Waals surface area (Å²) in [6, 6.07) is 18.7. The Morgan fingerprint density at radius 3 is 2.62 bits per heavy atom. The third-order valence-corrected chi connectivity index (χ3v) is 4.64. The van der Waals surface area contributed by atoms with Crippen molar-refractivity contribution < 1.29 is 0 Å². The highest BCUT2D eigenvalue weighted by atomic mass is 32.2. The lowest BCUT2D eigenvalue weighted by Crippen LogP contribution is -2.09. The van der Waals surface area contributed by atoms with Gasteiger partial charge in [-0.15, -0.1) is 11.8 Å². The van der Waals surface area contributed by atoms with Crippen LogP contribution in [0, 0.1) is 0 Å². The lowest BCUT2D eigenvalue weighted by Gasteiger charge is -2.07. The molecule has 0 fully saturated rings. The molecule has 0 saturated carbocycles. The number of hydrogen-bond donors (Lipinski definition) is 1. The summed E-state index contributed by atoms with van der Waals surface area (Å²) >= 11 is 6.98. The van der Waals surface area contributed by atoms with Gasteiger partial charge in [0.1, 0.15) is 4.99 Å². The number of aromatic nitrogens is 1. The number of aryl methyl sites for hydroxylation is 1. The molecular weight excluding hydrogens is 296 g/mol. The van der Waals surface area contributed by atoms with Crippen LogP contribution in [-0.2, 0) is 6.54 Å². The number of hydrogen-bond acceptors (Lipinski definition) is 2. The topological polar surface area (TPSA) is 30.9 Å². The van der Waals surface area contributed by atoms with E-state index in [0.29, 0.717) is 4.99 Å². The van der Waals surface area contributed by atoms with Gasteiger partial charge < -0.3 is 10.3 Å². The highest BCUT2D eigenvalue weighted by molar-refractivity contribution is 7.99. The van der Waals surface area contributed by atoms with E-state index in [4.69, 9.17) is 18.0 Å². The van der Waals surface area contributed by atoms with Crippen molar-refractivity contribution in [2.75, 3.05) is 5.75 Å². The minimum Gasteiger partial charge on any atom is -0.389 e. The minimum absolute atomic E-state index is 0.456. The number of nitrogens with zero attached hydrogens (tertiary/aromatic N) is 1. The number of thiocarbonyl (C=S) groups is 1. The van der Waals surface area contributed by atoms with E-state index in [1.807, 2.05) is 30.0 Å². The zero-order valence-electron chi connectivity index (χ0n) is 11.5. The number of nitrogens with two attached hydrogens (primary N) is 1. The van der Waals surface area contributed by atoms with Gasteiger partial charge in [-0.2, -0.15) is 0 Å². The Morgan fingerprint density at radius 2 is 1.86 bits per heavy atom. The van der Waals surface area contributed by atoms with Gasteiger partial charge in [-0.25, -0.2) is 0 Å². The molecule has 0 atom stereocenters. The first-order valence-electron chi connectivity index (χ1n) is 6.81. The van der Waals surface area contributed by atoms with Crippen LogP contribution >= 0.6 is 24.0 Å². The molecule has 3 aromatic rings. The van der Waals surface area contributed by atoms with Crippen molar-refractivity contribution in [3.05, 3.63) is 66.4 Å². The van der Waals surface area contributed by atoms with Crippen molar-refractivity contribution in [3.8, 4) is 0 Å². The van der Waals surface area contributed by atoms with Gasteiger partial charge >= 0.3 is 0 Å². The lowest BCUT2D eigenvalue weighted by molar-refractivity contribution is 0.807. The first-order valence-corrected chi connectivity index (χ1v) is 8.20. The maximum atomic E-state index is 5.78. The van der Waals surface area contributed by atoms with E-state index in [9.17, 15) is 0 Å². The summed E-state index contributed by atoms with van der Waals surface area (Å²) < 4.78 is 2.26. The molecule has 1 heterocycles. The van der Waals surface area contributed by atoms with Gasteiger partial charge in [0.25, 0.3) is 0 Å². The summed E-state index contributed by atoms with van der Waals surface area (Å²) in [6.45, 7) is 0.962. The van der Waals surface area contributed by atoms with Crippen molar-refractivity contribution in [2.45, 2.75) is 11.4 Å². The van der Waals surface area contributed by atoms with Crippen LogP contribution in [0.15, 0.2) is 65.7 Å². The predicted molar refractivity (Wildman–Crippen MR) is 95.0 cm³/mol. The smallest absolute Gasteiger partial charge is 0.104 e. The van der Waals surface area contributed by atoms with Crippen LogP contribution in [-0.4, -0.2) is 15.3 Å². The SMILES string of the molecule is NC(=S)c1cccc2c1ccn2CCSc1ccccc1. The van der Waals surface area contributed by atoms with E-state index >= 15 is 0 Å². The Balaban J connectivity index is 1.76. The summed E-state index contributed by atoms with van der Waals surface area (Å²) in [6.07, 6.45) is 2.11. The van der Waals surface area contributed by atoms with E-state index in [-0.39, 0.29) is 0 Å². The van der Waals surface area contributed by atoms with Gasteiger partial charge in [0, 0.05) is 39.9 Å². The molecule has 0 spiro atoms. The van der Waals surface area contributed by atoms with Crippen LogP contribution in [0.1, 0.15) is 5.56 Å². The largest absolute Gasteiger partial charge is 0.389 e. The average molecular weight is 312 g/mol. The van der Waals surface area contributed by atoms with E-state index in [2.05, 4.69) is 47.2 Å². The van der Waals surface area contributed by atoms with Crippen LogP contribution in [0.4, 0.5) is 0 Å². The van der Waals surface area contributed by atoms with Crippen LogP contribution in [0.3, 0.4) is 0 Å². The van der Waals surface area contributed by atoms with Crippen LogP contribution in [0.2, 0.25) is 0 Å². The summed E-state index contributed by atoms with van der Waals surface area (Å²) in [4.78, 5) is 1.76. The second kappa shape index (κ2) is 6.33. The molecule has 2 aromatic carbocycles. The third kappa shape index (κ3) is 3.12. The third-order valence-electron chi connectivity index (χ3n) is 3.42. The van der Waals surface area contributed by atoms with Crippen LogP contribution in [0.5, 0.6) is 0 Å². The molecule has 0 bridgehead atoms. The molecule has 2 N–H and O–H groups in total. The highest BCUT2D eigenvalue weighted by Gasteiger charge is 2.07. The van der Waals surface area contributed by atoms with Crippen molar-refractivity contribution in [1.82, 2.24) is 4.57 Å². The Morgan fingerprint density at radius 1 is 1.05 bits per heavy atom. The standard InChI is InChI=1S/C17H16N2S2/c18-17(20)15-7-4-8-16-14(15)9-10-19(16)11-12-21-13-5-2-1-3-6-13/h1-10H,11-12H2,(H2,18,20). The molecule has 2 nitrogen and oxygen atoms in total. The van der Waals surface area contributed by atoms with E-state index < -0.39 is 0 Å². The Kier molecular flexibility index (Phi) is 4.27. The van der Waals surface area contributed by atoms with Crippen LogP contribution in [0.25, 0.3) is 10.9 Å². The summed E-state index contributed by atoms with van der Waals surface area (Å²) in [7, 11) is 0. The first-order chi connectivity index (χ1) is 10.3. The summed E-state index contributed by atoms with van der Waals surface area (Å²) in [5.74, 6) is 1.03. The molecule has 1 aromatic heterocycles. The Bertz CT molecular complexity index is 763. The maximum Gasteiger partial charge on any atom is 0.104 e. The summed E-state index contributed by atoms with van der Waals surface area (Å²) in [5.41, 5.74) is 7.93. The molecule has 0 amide bonds. The molecule has 106 valence electrons. The van der Waals surface area contributed by atoms with Gasteiger partial charge in [0.05, 0.1) is 0 Å². The number of rotatable bonds is 5. The number of thioether (sulfide) groups is 1. The zero-order valence-corrected chi connectivity index (χ0v) is 13.2. The lowest BCUT2D eigenvalue weighted by atomic mass is 10.1. The monoisotopic (exact) mass is 312 g/mol. The molecule has 4 heteroatoms. The van der Waals surface area contributed by atoms with Crippen molar-refractivity contribution in [2.24, 2.45) is 5.73 Å².